The van der Waals surface area contributed by atoms with Gasteiger partial charge in [-0.15, -0.1) is 0 Å². The number of rotatable bonds is 9. The molecule has 0 N–H and O–H groups in total. The first-order chi connectivity index (χ1) is 16.0. The molecule has 3 rings (SSSR count). The highest BCUT2D eigenvalue weighted by Gasteiger charge is 2.13. The maximum absolute atomic E-state index is 2.59. The van der Waals surface area contributed by atoms with Crippen molar-refractivity contribution in [3.63, 3.8) is 0 Å². The summed E-state index contributed by atoms with van der Waals surface area (Å²) in [5.74, 6) is 0. The quantitative estimate of drug-likeness (QED) is 0.481. The lowest BCUT2D eigenvalue weighted by atomic mass is 10.2. The molecule has 0 spiro atoms. The Balaban J connectivity index is 0.000000249. The van der Waals surface area contributed by atoms with Gasteiger partial charge in [-0.25, -0.2) is 0 Å². The molecular formula is C27H60N6. The lowest BCUT2D eigenvalue weighted by molar-refractivity contribution is 0.152. The van der Waals surface area contributed by atoms with Crippen LogP contribution in [0.3, 0.4) is 0 Å². The summed E-state index contributed by atoms with van der Waals surface area (Å²) in [6.07, 6.45) is 8.11. The van der Waals surface area contributed by atoms with Gasteiger partial charge in [0.1, 0.15) is 0 Å². The summed E-state index contributed by atoms with van der Waals surface area (Å²) in [5.41, 5.74) is 0. The Bertz CT molecular complexity index is 408. The molecule has 33 heavy (non-hydrogen) atoms. The van der Waals surface area contributed by atoms with E-state index in [1.807, 2.05) is 0 Å². The third-order valence-corrected chi connectivity index (χ3v) is 7.23. The molecule has 0 atom stereocenters. The largest absolute Gasteiger partial charge is 0.304 e. The van der Waals surface area contributed by atoms with E-state index in [0.29, 0.717) is 0 Å². The van der Waals surface area contributed by atoms with Crippen LogP contribution in [0.2, 0.25) is 0 Å². The zero-order valence-corrected chi connectivity index (χ0v) is 23.5. The molecule has 0 unspecified atom stereocenters. The third kappa shape index (κ3) is 16.1. The highest BCUT2D eigenvalue weighted by molar-refractivity contribution is 4.70. The normalized spacial score (nSPS) is 22.4. The van der Waals surface area contributed by atoms with Crippen molar-refractivity contribution in [3.8, 4) is 0 Å². The minimum Gasteiger partial charge on any atom is -0.304 e. The number of hydrogen-bond donors (Lipinski definition) is 0. The molecule has 3 aliphatic heterocycles. The SMILES string of the molecule is CCCCCN1CCN(C)CC1.CCCCN1CCN(C)CC1.CCCN1CCN(C)CC1. The molecule has 0 aromatic rings. The van der Waals surface area contributed by atoms with Gasteiger partial charge in [-0.1, -0.05) is 40.0 Å². The van der Waals surface area contributed by atoms with Crippen molar-refractivity contribution in [2.24, 2.45) is 0 Å². The van der Waals surface area contributed by atoms with Gasteiger partial charge in [0.05, 0.1) is 0 Å². The summed E-state index contributed by atoms with van der Waals surface area (Å²) in [5, 5.41) is 0. The van der Waals surface area contributed by atoms with Gasteiger partial charge in [0.15, 0.2) is 0 Å². The highest BCUT2D eigenvalue weighted by Crippen LogP contribution is 2.03. The van der Waals surface area contributed by atoms with E-state index in [4.69, 9.17) is 0 Å². The average molecular weight is 469 g/mol. The molecule has 6 nitrogen and oxygen atoms in total. The van der Waals surface area contributed by atoms with Crippen molar-refractivity contribution in [3.05, 3.63) is 0 Å². The van der Waals surface area contributed by atoms with Crippen molar-refractivity contribution in [2.75, 3.05) is 119 Å². The second-order valence-corrected chi connectivity index (χ2v) is 10.5. The van der Waals surface area contributed by atoms with Crippen molar-refractivity contribution in [1.82, 2.24) is 29.4 Å². The summed E-state index contributed by atoms with van der Waals surface area (Å²) in [4.78, 5) is 14.9. The van der Waals surface area contributed by atoms with Crippen molar-refractivity contribution >= 4 is 0 Å². The number of nitrogens with zero attached hydrogens (tertiary/aromatic N) is 6. The zero-order chi connectivity index (χ0) is 24.3. The Morgan fingerprint density at radius 2 is 0.697 bits per heavy atom. The maximum atomic E-state index is 2.59. The summed E-state index contributed by atoms with van der Waals surface area (Å²) in [6, 6.07) is 0. The second kappa shape index (κ2) is 20.0. The number of hydrogen-bond acceptors (Lipinski definition) is 6. The first-order valence-corrected chi connectivity index (χ1v) is 14.2. The Morgan fingerprint density at radius 3 is 1.03 bits per heavy atom. The van der Waals surface area contributed by atoms with Gasteiger partial charge in [-0.05, 0) is 60.0 Å². The first-order valence-electron chi connectivity index (χ1n) is 14.2. The molecule has 0 radical (unpaired) electrons. The number of likely N-dealkylation sites (N-methyl/N-ethyl adjacent to an activating group) is 3. The Labute approximate surface area is 208 Å². The Kier molecular flexibility index (Phi) is 18.7. The van der Waals surface area contributed by atoms with E-state index >= 15 is 0 Å². The van der Waals surface area contributed by atoms with Crippen LogP contribution in [0.4, 0.5) is 0 Å². The molecule has 0 amide bonds. The van der Waals surface area contributed by atoms with Gasteiger partial charge in [0.25, 0.3) is 0 Å². The monoisotopic (exact) mass is 468 g/mol. The van der Waals surface area contributed by atoms with Gasteiger partial charge < -0.3 is 29.4 Å². The van der Waals surface area contributed by atoms with E-state index in [-0.39, 0.29) is 0 Å². The zero-order valence-electron chi connectivity index (χ0n) is 23.5. The first kappa shape index (κ1) is 30.8. The minimum atomic E-state index is 1.25. The fourth-order valence-corrected chi connectivity index (χ4v) is 4.50. The van der Waals surface area contributed by atoms with E-state index in [1.165, 1.54) is 137 Å². The highest BCUT2D eigenvalue weighted by atomic mass is 15.3. The predicted octanol–water partition coefficient (Wildman–Crippen LogP) is 3.10. The molecule has 0 aromatic heterocycles. The Hall–Kier alpha value is -0.240. The fraction of sp³-hybridized carbons (Fsp3) is 1.00. The van der Waals surface area contributed by atoms with Crippen LogP contribution in [0.15, 0.2) is 0 Å². The lowest BCUT2D eigenvalue weighted by Gasteiger charge is -2.32. The van der Waals surface area contributed by atoms with Crippen molar-refractivity contribution < 1.29 is 0 Å². The second-order valence-electron chi connectivity index (χ2n) is 10.5. The molecule has 0 aliphatic carbocycles. The Morgan fingerprint density at radius 1 is 0.364 bits per heavy atom. The van der Waals surface area contributed by atoms with Crippen LogP contribution in [0, 0.1) is 0 Å². The number of piperazine rings is 3. The van der Waals surface area contributed by atoms with Crippen LogP contribution in [0.5, 0.6) is 0 Å². The average Bonchev–Trinajstić information content (AvgIpc) is 2.83. The molecule has 3 heterocycles. The smallest absolute Gasteiger partial charge is 0.0110 e. The van der Waals surface area contributed by atoms with E-state index in [1.54, 1.807) is 0 Å². The maximum Gasteiger partial charge on any atom is 0.0110 e. The van der Waals surface area contributed by atoms with Crippen LogP contribution in [-0.4, -0.2) is 149 Å². The van der Waals surface area contributed by atoms with Crippen molar-refractivity contribution in [2.45, 2.75) is 59.3 Å². The minimum absolute atomic E-state index is 1.25. The standard InChI is InChI=1S/C10H22N2.C9H20N2.C8H18N2/c1-3-4-5-6-12-9-7-11(2)8-10-12;1-3-4-5-11-8-6-10(2)7-9-11;1-3-4-10-7-5-9(2)6-8-10/h3-10H2,1-2H3;3-9H2,1-2H3;3-8H2,1-2H3. The van der Waals surface area contributed by atoms with E-state index in [9.17, 15) is 0 Å². The summed E-state index contributed by atoms with van der Waals surface area (Å²) < 4.78 is 0. The van der Waals surface area contributed by atoms with Gasteiger partial charge >= 0.3 is 0 Å². The van der Waals surface area contributed by atoms with Gasteiger partial charge in [0.2, 0.25) is 0 Å². The van der Waals surface area contributed by atoms with Crippen LogP contribution in [0.1, 0.15) is 59.3 Å². The predicted molar refractivity (Wildman–Crippen MR) is 147 cm³/mol. The van der Waals surface area contributed by atoms with E-state index in [2.05, 4.69) is 71.3 Å². The van der Waals surface area contributed by atoms with Crippen LogP contribution in [-0.2, 0) is 0 Å². The topological polar surface area (TPSA) is 19.4 Å². The molecule has 3 aliphatic rings. The van der Waals surface area contributed by atoms with Crippen LogP contribution >= 0.6 is 0 Å². The summed E-state index contributed by atoms with van der Waals surface area (Å²) >= 11 is 0. The fourth-order valence-electron chi connectivity index (χ4n) is 4.50. The van der Waals surface area contributed by atoms with Gasteiger partial charge in [-0.2, -0.15) is 0 Å². The van der Waals surface area contributed by atoms with Crippen LogP contribution in [0.25, 0.3) is 0 Å². The molecule has 0 aromatic carbocycles. The molecular weight excluding hydrogens is 408 g/mol. The number of unbranched alkanes of at least 4 members (excludes halogenated alkanes) is 3. The van der Waals surface area contributed by atoms with Gasteiger partial charge in [-0.3, -0.25) is 0 Å². The summed E-state index contributed by atoms with van der Waals surface area (Å²) in [7, 11) is 6.61. The van der Waals surface area contributed by atoms with Gasteiger partial charge in [0, 0.05) is 78.5 Å². The molecule has 3 saturated heterocycles. The van der Waals surface area contributed by atoms with Crippen LogP contribution < -0.4 is 0 Å². The third-order valence-electron chi connectivity index (χ3n) is 7.23. The summed E-state index contributed by atoms with van der Waals surface area (Å²) in [6.45, 7) is 25.9. The molecule has 0 bridgehead atoms. The molecule has 0 saturated carbocycles. The van der Waals surface area contributed by atoms with E-state index < -0.39 is 0 Å². The molecule has 6 heteroatoms. The molecule has 3 fully saturated rings. The van der Waals surface area contributed by atoms with E-state index in [0.717, 1.165) is 0 Å². The molecule has 198 valence electrons. The lowest BCUT2D eigenvalue weighted by Crippen LogP contribution is -2.44. The van der Waals surface area contributed by atoms with Crippen molar-refractivity contribution in [1.29, 1.82) is 0 Å².